The van der Waals surface area contributed by atoms with E-state index in [2.05, 4.69) is 10.2 Å². The maximum Gasteiger partial charge on any atom is 0.257 e. The van der Waals surface area contributed by atoms with Gasteiger partial charge in [-0.05, 0) is 55.3 Å². The fourth-order valence-corrected chi connectivity index (χ4v) is 5.90. The molecule has 7 nitrogen and oxygen atoms in total. The van der Waals surface area contributed by atoms with Crippen LogP contribution < -0.4 is 14.5 Å². The van der Waals surface area contributed by atoms with Crippen LogP contribution in [0.4, 0.5) is 17.1 Å². The zero-order valence-corrected chi connectivity index (χ0v) is 18.0. The number of benzene rings is 2. The van der Waals surface area contributed by atoms with Crippen LogP contribution in [0.15, 0.2) is 42.5 Å². The molecular weight excluding hydrogens is 426 g/mol. The minimum atomic E-state index is -3.73. The number of hydrogen-bond acceptors (Lipinski definition) is 5. The van der Waals surface area contributed by atoms with Gasteiger partial charge in [0, 0.05) is 24.5 Å². The van der Waals surface area contributed by atoms with Crippen LogP contribution in [0, 0.1) is 5.92 Å². The number of sulfonamides is 1. The largest absolute Gasteiger partial charge is 0.372 e. The topological polar surface area (TPSA) is 86.8 Å². The molecule has 2 saturated heterocycles. The normalized spacial score (nSPS) is 20.6. The number of hydrogen-bond donors (Lipinski definition) is 1. The molecule has 2 aliphatic rings. The summed E-state index contributed by atoms with van der Waals surface area (Å²) in [6.45, 7) is 3.65. The molecule has 0 saturated carbocycles. The predicted molar refractivity (Wildman–Crippen MR) is 118 cm³/mol. The highest BCUT2D eigenvalue weighted by molar-refractivity contribution is 7.94. The summed E-state index contributed by atoms with van der Waals surface area (Å²) < 4.78 is 25.3. The summed E-state index contributed by atoms with van der Waals surface area (Å²) in [5.74, 6) is -1.76. The molecule has 0 spiro atoms. The molecule has 2 amide bonds. The van der Waals surface area contributed by atoms with Crippen molar-refractivity contribution in [2.75, 3.05) is 33.4 Å². The second-order valence-electron chi connectivity index (χ2n) is 7.64. The fourth-order valence-electron chi connectivity index (χ4n) is 3.83. The van der Waals surface area contributed by atoms with E-state index in [0.717, 1.165) is 23.1 Å². The molecule has 0 aliphatic carbocycles. The van der Waals surface area contributed by atoms with Crippen molar-refractivity contribution < 1.29 is 18.0 Å². The zero-order chi connectivity index (χ0) is 21.5. The lowest BCUT2D eigenvalue weighted by Gasteiger charge is -2.18. The average molecular weight is 448 g/mol. The van der Waals surface area contributed by atoms with Gasteiger partial charge in [-0.25, -0.2) is 12.7 Å². The van der Waals surface area contributed by atoms with Crippen molar-refractivity contribution in [2.45, 2.75) is 19.8 Å². The van der Waals surface area contributed by atoms with Crippen LogP contribution in [0.3, 0.4) is 0 Å². The van der Waals surface area contributed by atoms with E-state index in [1.54, 1.807) is 6.92 Å². The van der Waals surface area contributed by atoms with Gasteiger partial charge in [-0.2, -0.15) is 0 Å². The highest BCUT2D eigenvalue weighted by atomic mass is 35.5. The molecule has 9 heteroatoms. The van der Waals surface area contributed by atoms with Crippen LogP contribution in [0.5, 0.6) is 0 Å². The molecule has 0 aromatic heterocycles. The quantitative estimate of drug-likeness (QED) is 0.775. The van der Waals surface area contributed by atoms with Crippen LogP contribution in [0.25, 0.3) is 0 Å². The Morgan fingerprint density at radius 3 is 2.27 bits per heavy atom. The van der Waals surface area contributed by atoms with Crippen LogP contribution in [-0.2, 0) is 14.8 Å². The molecular formula is C21H22ClN3O4S. The lowest BCUT2D eigenvalue weighted by Crippen LogP contribution is -2.30. The van der Waals surface area contributed by atoms with E-state index in [0.29, 0.717) is 5.69 Å². The van der Waals surface area contributed by atoms with Crippen molar-refractivity contribution in [3.8, 4) is 0 Å². The SMILES string of the molecule is C[C@H]1CS(=O)(=O)N(c2ccc(C(=O)Nc3ccc(N4CCCC4)cc3)c(Cl)c2)C1=O. The monoisotopic (exact) mass is 447 g/mol. The first-order chi connectivity index (χ1) is 14.3. The molecule has 4 rings (SSSR count). The number of carbonyl (C=O) groups excluding carboxylic acids is 2. The van der Waals surface area contributed by atoms with E-state index in [1.165, 1.54) is 31.0 Å². The molecule has 2 heterocycles. The Labute approximate surface area is 180 Å². The smallest absolute Gasteiger partial charge is 0.257 e. The molecule has 0 bridgehead atoms. The second kappa shape index (κ2) is 7.92. The fraction of sp³-hybridized carbons (Fsp3) is 0.333. The van der Waals surface area contributed by atoms with E-state index in [1.807, 2.05) is 24.3 Å². The van der Waals surface area contributed by atoms with Gasteiger partial charge in [0.15, 0.2) is 0 Å². The van der Waals surface area contributed by atoms with Crippen molar-refractivity contribution in [3.63, 3.8) is 0 Å². The van der Waals surface area contributed by atoms with Gasteiger partial charge in [0.1, 0.15) is 0 Å². The van der Waals surface area contributed by atoms with E-state index < -0.39 is 27.8 Å². The first-order valence-electron chi connectivity index (χ1n) is 9.79. The van der Waals surface area contributed by atoms with Gasteiger partial charge in [0.2, 0.25) is 15.9 Å². The second-order valence-corrected chi connectivity index (χ2v) is 9.91. The number of rotatable bonds is 4. The van der Waals surface area contributed by atoms with Crippen LogP contribution >= 0.6 is 11.6 Å². The van der Waals surface area contributed by atoms with Gasteiger partial charge in [0.05, 0.1) is 27.9 Å². The number of carbonyl (C=O) groups is 2. The summed E-state index contributed by atoms with van der Waals surface area (Å²) in [6.07, 6.45) is 2.38. The Balaban J connectivity index is 1.50. The van der Waals surface area contributed by atoms with Gasteiger partial charge in [-0.3, -0.25) is 9.59 Å². The highest BCUT2D eigenvalue weighted by Gasteiger charge is 2.42. The van der Waals surface area contributed by atoms with Crippen molar-refractivity contribution in [2.24, 2.45) is 5.92 Å². The third-order valence-electron chi connectivity index (χ3n) is 5.39. The van der Waals surface area contributed by atoms with E-state index in [4.69, 9.17) is 11.6 Å². The van der Waals surface area contributed by atoms with Gasteiger partial charge in [-0.1, -0.05) is 18.5 Å². The Kier molecular flexibility index (Phi) is 5.46. The Bertz CT molecular complexity index is 1100. The molecule has 2 fully saturated rings. The molecule has 0 radical (unpaired) electrons. The van der Waals surface area contributed by atoms with Crippen LogP contribution in [-0.4, -0.2) is 39.1 Å². The minimum Gasteiger partial charge on any atom is -0.372 e. The third kappa shape index (κ3) is 3.89. The molecule has 2 aromatic rings. The van der Waals surface area contributed by atoms with Crippen molar-refractivity contribution in [3.05, 3.63) is 53.1 Å². The van der Waals surface area contributed by atoms with Gasteiger partial charge in [0.25, 0.3) is 5.91 Å². The minimum absolute atomic E-state index is 0.0706. The van der Waals surface area contributed by atoms with E-state index in [9.17, 15) is 18.0 Å². The van der Waals surface area contributed by atoms with Crippen molar-refractivity contribution >= 4 is 50.5 Å². The number of amides is 2. The summed E-state index contributed by atoms with van der Waals surface area (Å²) in [6, 6.07) is 11.8. The molecule has 2 aliphatic heterocycles. The summed E-state index contributed by atoms with van der Waals surface area (Å²) in [7, 11) is -3.73. The number of halogens is 1. The molecule has 2 aromatic carbocycles. The number of nitrogens with zero attached hydrogens (tertiary/aromatic N) is 2. The Hall–Kier alpha value is -2.58. The summed E-state index contributed by atoms with van der Waals surface area (Å²) in [5, 5.41) is 2.87. The summed E-state index contributed by atoms with van der Waals surface area (Å²) in [5.41, 5.74) is 2.09. The first-order valence-corrected chi connectivity index (χ1v) is 11.8. The molecule has 30 heavy (non-hydrogen) atoms. The Morgan fingerprint density at radius 1 is 1.07 bits per heavy atom. The maximum atomic E-state index is 12.6. The van der Waals surface area contributed by atoms with Gasteiger partial charge < -0.3 is 10.2 Å². The van der Waals surface area contributed by atoms with Gasteiger partial charge in [-0.15, -0.1) is 0 Å². The Morgan fingerprint density at radius 2 is 1.70 bits per heavy atom. The predicted octanol–water partition coefficient (Wildman–Crippen LogP) is 3.51. The highest BCUT2D eigenvalue weighted by Crippen LogP contribution is 2.32. The summed E-state index contributed by atoms with van der Waals surface area (Å²) >= 11 is 6.26. The third-order valence-corrected chi connectivity index (χ3v) is 7.57. The van der Waals surface area contributed by atoms with Gasteiger partial charge >= 0.3 is 0 Å². The first kappa shape index (κ1) is 20.7. The average Bonchev–Trinajstić information content (AvgIpc) is 3.29. The number of anilines is 3. The standard InChI is InChI=1S/C21H22ClN3O4S/c1-14-13-30(28,29)25(21(14)27)17-8-9-18(19(22)12-17)20(26)23-15-4-6-16(7-5-15)24-10-2-3-11-24/h4-9,12,14H,2-3,10-11,13H2,1H3,(H,23,26)/t14-/m0/s1. The van der Waals surface area contributed by atoms with Crippen LogP contribution in [0.1, 0.15) is 30.1 Å². The maximum absolute atomic E-state index is 12.6. The van der Waals surface area contributed by atoms with Crippen molar-refractivity contribution in [1.82, 2.24) is 0 Å². The van der Waals surface area contributed by atoms with Crippen LogP contribution in [0.2, 0.25) is 5.02 Å². The molecule has 158 valence electrons. The molecule has 1 N–H and O–H groups in total. The number of nitrogens with one attached hydrogen (secondary N) is 1. The molecule has 0 unspecified atom stereocenters. The van der Waals surface area contributed by atoms with E-state index in [-0.39, 0.29) is 22.0 Å². The summed E-state index contributed by atoms with van der Waals surface area (Å²) in [4.78, 5) is 27.2. The molecule has 1 atom stereocenters. The van der Waals surface area contributed by atoms with Crippen molar-refractivity contribution in [1.29, 1.82) is 0 Å². The lowest BCUT2D eigenvalue weighted by atomic mass is 10.1. The zero-order valence-electron chi connectivity index (χ0n) is 16.5. The van der Waals surface area contributed by atoms with E-state index >= 15 is 0 Å². The lowest BCUT2D eigenvalue weighted by molar-refractivity contribution is -0.119.